The van der Waals surface area contributed by atoms with Gasteiger partial charge in [0.15, 0.2) is 5.16 Å². The van der Waals surface area contributed by atoms with Gasteiger partial charge in [-0.1, -0.05) is 11.8 Å². The Labute approximate surface area is 121 Å². The number of carbonyl (C=O) groups is 1. The molecule has 1 saturated heterocycles. The molecule has 1 fully saturated rings. The van der Waals surface area contributed by atoms with Crippen molar-refractivity contribution in [1.29, 1.82) is 0 Å². The minimum absolute atomic E-state index is 0.117. The molecule has 0 bridgehead atoms. The number of carbonyl (C=O) groups excluding carboxylic acids is 1. The van der Waals surface area contributed by atoms with Crippen LogP contribution in [0.4, 0.5) is 0 Å². The average Bonchev–Trinajstić information content (AvgIpc) is 3.08. The van der Waals surface area contributed by atoms with Gasteiger partial charge in [-0.25, -0.2) is 9.89 Å². The van der Waals surface area contributed by atoms with Crippen LogP contribution in [0.15, 0.2) is 9.95 Å². The van der Waals surface area contributed by atoms with E-state index in [1.165, 1.54) is 11.8 Å². The summed E-state index contributed by atoms with van der Waals surface area (Å²) in [6.45, 7) is 2.83. The molecule has 0 unspecified atom stereocenters. The fraction of sp³-hybridized carbons (Fsp3) is 0.750. The molecule has 20 heavy (non-hydrogen) atoms. The zero-order chi connectivity index (χ0) is 14.4. The van der Waals surface area contributed by atoms with E-state index in [0.717, 1.165) is 32.4 Å². The summed E-state index contributed by atoms with van der Waals surface area (Å²) in [5, 5.41) is 6.97. The maximum absolute atomic E-state index is 12.0. The Hall–Kier alpha value is -1.28. The van der Waals surface area contributed by atoms with Crippen LogP contribution in [0.25, 0.3) is 0 Å². The fourth-order valence-corrected chi connectivity index (χ4v) is 3.04. The van der Waals surface area contributed by atoms with E-state index in [4.69, 9.17) is 4.74 Å². The second kappa shape index (κ2) is 7.49. The molecular weight excluding hydrogens is 280 g/mol. The summed E-state index contributed by atoms with van der Waals surface area (Å²) >= 11 is 1.31. The molecule has 1 aromatic heterocycles. The topological polar surface area (TPSA) is 80.2 Å². The molecule has 0 spiro atoms. The van der Waals surface area contributed by atoms with Crippen molar-refractivity contribution in [3.63, 3.8) is 0 Å². The molecule has 0 aliphatic carbocycles. The number of rotatable bonds is 7. The van der Waals surface area contributed by atoms with Gasteiger partial charge >= 0.3 is 5.69 Å². The Bertz CT molecular complexity index is 493. The molecule has 1 aliphatic heterocycles. The van der Waals surface area contributed by atoms with E-state index >= 15 is 0 Å². The smallest absolute Gasteiger partial charge is 0.343 e. The van der Waals surface area contributed by atoms with Crippen LogP contribution in [0.1, 0.15) is 19.3 Å². The molecule has 2 rings (SSSR count). The standard InChI is InChI=1S/C12H20N4O3S/c1-19-8-4-7-16-11(18)13-14-12(16)20-9-10(17)15-5-2-3-6-15/h2-9H2,1H3,(H,13,18). The second-order valence-corrected chi connectivity index (χ2v) is 5.63. The largest absolute Gasteiger partial charge is 0.385 e. The van der Waals surface area contributed by atoms with Crippen LogP contribution in [0.2, 0.25) is 0 Å². The zero-order valence-corrected chi connectivity index (χ0v) is 12.4. The van der Waals surface area contributed by atoms with Gasteiger partial charge in [0.2, 0.25) is 5.91 Å². The predicted molar refractivity (Wildman–Crippen MR) is 75.9 cm³/mol. The first-order chi connectivity index (χ1) is 9.72. The predicted octanol–water partition coefficient (Wildman–Crippen LogP) is 0.322. The summed E-state index contributed by atoms with van der Waals surface area (Å²) in [7, 11) is 1.63. The van der Waals surface area contributed by atoms with Gasteiger partial charge in [-0.3, -0.25) is 9.36 Å². The second-order valence-electron chi connectivity index (χ2n) is 4.69. The Morgan fingerprint density at radius 3 is 2.90 bits per heavy atom. The Balaban J connectivity index is 1.88. The van der Waals surface area contributed by atoms with Gasteiger partial charge in [-0.2, -0.15) is 0 Å². The van der Waals surface area contributed by atoms with Crippen molar-refractivity contribution in [2.24, 2.45) is 0 Å². The fourth-order valence-electron chi connectivity index (χ4n) is 2.16. The third-order valence-electron chi connectivity index (χ3n) is 3.24. The lowest BCUT2D eigenvalue weighted by Crippen LogP contribution is -2.29. The summed E-state index contributed by atoms with van der Waals surface area (Å²) < 4.78 is 6.53. The zero-order valence-electron chi connectivity index (χ0n) is 11.6. The molecule has 8 heteroatoms. The monoisotopic (exact) mass is 300 g/mol. The number of amides is 1. The van der Waals surface area contributed by atoms with E-state index in [1.54, 1.807) is 11.7 Å². The molecule has 0 aromatic carbocycles. The molecule has 7 nitrogen and oxygen atoms in total. The molecule has 0 radical (unpaired) electrons. The molecule has 0 atom stereocenters. The van der Waals surface area contributed by atoms with Crippen LogP contribution < -0.4 is 5.69 Å². The lowest BCUT2D eigenvalue weighted by molar-refractivity contribution is -0.127. The Kier molecular flexibility index (Phi) is 5.66. The molecule has 2 heterocycles. The summed E-state index contributed by atoms with van der Waals surface area (Å²) in [5.74, 6) is 0.445. The maximum Gasteiger partial charge on any atom is 0.343 e. The van der Waals surface area contributed by atoms with Crippen LogP contribution in [-0.4, -0.2) is 58.1 Å². The number of thioether (sulfide) groups is 1. The molecular formula is C12H20N4O3S. The van der Waals surface area contributed by atoms with Crippen LogP contribution in [-0.2, 0) is 16.1 Å². The van der Waals surface area contributed by atoms with Crippen molar-refractivity contribution < 1.29 is 9.53 Å². The maximum atomic E-state index is 12.0. The van der Waals surface area contributed by atoms with Gasteiger partial charge in [-0.15, -0.1) is 5.10 Å². The number of nitrogens with one attached hydrogen (secondary N) is 1. The van der Waals surface area contributed by atoms with E-state index in [0.29, 0.717) is 24.1 Å². The molecule has 112 valence electrons. The number of H-pyrrole nitrogens is 1. The highest BCUT2D eigenvalue weighted by Crippen LogP contribution is 2.16. The van der Waals surface area contributed by atoms with E-state index in [-0.39, 0.29) is 11.6 Å². The number of nitrogens with zero attached hydrogens (tertiary/aromatic N) is 3. The molecule has 0 saturated carbocycles. The van der Waals surface area contributed by atoms with Crippen molar-refractivity contribution in [2.75, 3.05) is 32.6 Å². The minimum Gasteiger partial charge on any atom is -0.385 e. The van der Waals surface area contributed by atoms with Crippen molar-refractivity contribution in [3.05, 3.63) is 10.5 Å². The third-order valence-corrected chi connectivity index (χ3v) is 4.20. The average molecular weight is 300 g/mol. The first kappa shape index (κ1) is 15.1. The van der Waals surface area contributed by atoms with Gasteiger partial charge in [-0.05, 0) is 19.3 Å². The number of hydrogen-bond acceptors (Lipinski definition) is 5. The number of likely N-dealkylation sites (tertiary alicyclic amines) is 1. The first-order valence-corrected chi connectivity index (χ1v) is 7.75. The lowest BCUT2D eigenvalue weighted by Gasteiger charge is -2.14. The van der Waals surface area contributed by atoms with Gasteiger partial charge in [0.05, 0.1) is 5.75 Å². The number of aromatic nitrogens is 3. The Morgan fingerprint density at radius 1 is 1.45 bits per heavy atom. The first-order valence-electron chi connectivity index (χ1n) is 6.77. The number of methoxy groups -OCH3 is 1. The lowest BCUT2D eigenvalue weighted by atomic mass is 10.4. The van der Waals surface area contributed by atoms with Crippen LogP contribution in [0.5, 0.6) is 0 Å². The number of hydrogen-bond donors (Lipinski definition) is 1. The van der Waals surface area contributed by atoms with Gasteiger partial charge in [0, 0.05) is 33.4 Å². The van der Waals surface area contributed by atoms with Crippen LogP contribution in [0, 0.1) is 0 Å². The molecule has 1 aromatic rings. The van der Waals surface area contributed by atoms with Crippen molar-refractivity contribution in [3.8, 4) is 0 Å². The van der Waals surface area contributed by atoms with Crippen molar-refractivity contribution >= 4 is 17.7 Å². The van der Waals surface area contributed by atoms with Crippen LogP contribution >= 0.6 is 11.8 Å². The normalized spacial score (nSPS) is 14.9. The van der Waals surface area contributed by atoms with E-state index in [9.17, 15) is 9.59 Å². The van der Waals surface area contributed by atoms with E-state index in [1.807, 2.05) is 4.90 Å². The summed E-state index contributed by atoms with van der Waals surface area (Å²) in [6, 6.07) is 0. The molecule has 1 amide bonds. The molecule has 1 aliphatic rings. The van der Waals surface area contributed by atoms with Crippen molar-refractivity contribution in [1.82, 2.24) is 19.7 Å². The summed E-state index contributed by atoms with van der Waals surface area (Å²) in [4.78, 5) is 25.5. The van der Waals surface area contributed by atoms with E-state index in [2.05, 4.69) is 10.2 Å². The van der Waals surface area contributed by atoms with Gasteiger partial charge in [0.25, 0.3) is 0 Å². The number of aromatic amines is 1. The molecule has 1 N–H and O–H groups in total. The van der Waals surface area contributed by atoms with Crippen molar-refractivity contribution in [2.45, 2.75) is 31.0 Å². The van der Waals surface area contributed by atoms with E-state index < -0.39 is 0 Å². The third kappa shape index (κ3) is 3.86. The quantitative estimate of drug-likeness (QED) is 0.579. The highest BCUT2D eigenvalue weighted by atomic mass is 32.2. The summed E-state index contributed by atoms with van der Waals surface area (Å²) in [5.41, 5.74) is -0.239. The SMILES string of the molecule is COCCCn1c(SCC(=O)N2CCCC2)n[nH]c1=O. The Morgan fingerprint density at radius 2 is 2.20 bits per heavy atom. The van der Waals surface area contributed by atoms with Crippen LogP contribution in [0.3, 0.4) is 0 Å². The highest BCUT2D eigenvalue weighted by Gasteiger charge is 2.19. The number of ether oxygens (including phenoxy) is 1. The summed E-state index contributed by atoms with van der Waals surface area (Å²) in [6.07, 6.45) is 2.91. The van der Waals surface area contributed by atoms with Gasteiger partial charge in [0.1, 0.15) is 0 Å². The highest BCUT2D eigenvalue weighted by molar-refractivity contribution is 7.99. The van der Waals surface area contributed by atoms with Gasteiger partial charge < -0.3 is 9.64 Å². The minimum atomic E-state index is -0.239.